The number of carbonyl (C=O) groups is 1. The largest absolute Gasteiger partial charge is 0.392 e. The number of rotatable bonds is 3. The molecule has 0 aliphatic heterocycles. The smallest absolute Gasteiger partial charge is 0.128 e. The van der Waals surface area contributed by atoms with Crippen LogP contribution in [-0.4, -0.2) is 40.4 Å². The Morgan fingerprint density at radius 3 is 2.67 bits per heavy atom. The molecule has 3 aliphatic carbocycles. The van der Waals surface area contributed by atoms with Gasteiger partial charge >= 0.3 is 0 Å². The van der Waals surface area contributed by atoms with E-state index < -0.39 is 17.6 Å². The van der Waals surface area contributed by atoms with Crippen molar-refractivity contribution in [3.05, 3.63) is 23.8 Å². The summed E-state index contributed by atoms with van der Waals surface area (Å²) >= 11 is 0. The normalized spacial score (nSPS) is 48.0. The number of allylic oxidation sites excluding steroid dienone is 1. The lowest BCUT2D eigenvalue weighted by Gasteiger charge is -2.59. The molecule has 0 bridgehead atoms. The molecular formula is C20H30O4. The first-order chi connectivity index (χ1) is 11.3. The van der Waals surface area contributed by atoms with Crippen LogP contribution in [0, 0.1) is 28.6 Å². The Morgan fingerprint density at radius 1 is 1.33 bits per heavy atom. The average molecular weight is 334 g/mol. The van der Waals surface area contributed by atoms with Gasteiger partial charge in [0.25, 0.3) is 0 Å². The maximum atomic E-state index is 11.8. The molecule has 0 aromatic rings. The van der Waals surface area contributed by atoms with Crippen LogP contribution in [0.2, 0.25) is 0 Å². The van der Waals surface area contributed by atoms with E-state index in [9.17, 15) is 20.1 Å². The zero-order valence-electron chi connectivity index (χ0n) is 14.7. The Balaban J connectivity index is 1.97. The number of carbonyl (C=O) groups excluding carboxylic acids is 1. The summed E-state index contributed by atoms with van der Waals surface area (Å²) in [5.41, 5.74) is 0.965. The minimum Gasteiger partial charge on any atom is -0.392 e. The van der Waals surface area contributed by atoms with Crippen molar-refractivity contribution in [3.63, 3.8) is 0 Å². The number of fused-ring (bicyclic) bond motifs is 3. The molecule has 0 unspecified atom stereocenters. The molecule has 2 fully saturated rings. The van der Waals surface area contributed by atoms with Crippen molar-refractivity contribution in [2.75, 3.05) is 6.61 Å². The molecule has 3 N–H and O–H groups in total. The number of hydrogen-bond acceptors (Lipinski definition) is 4. The third-order valence-electron chi connectivity index (χ3n) is 7.48. The van der Waals surface area contributed by atoms with Crippen molar-refractivity contribution in [1.82, 2.24) is 0 Å². The van der Waals surface area contributed by atoms with Gasteiger partial charge in [0.2, 0.25) is 0 Å². The van der Waals surface area contributed by atoms with Crippen LogP contribution >= 0.6 is 0 Å². The number of aliphatic hydroxyl groups is 3. The monoisotopic (exact) mass is 334 g/mol. The summed E-state index contributed by atoms with van der Waals surface area (Å²) in [6, 6.07) is 0. The van der Waals surface area contributed by atoms with Gasteiger partial charge < -0.3 is 20.1 Å². The molecule has 4 heteroatoms. The maximum absolute atomic E-state index is 11.8. The predicted molar refractivity (Wildman–Crippen MR) is 92.2 cm³/mol. The van der Waals surface area contributed by atoms with E-state index in [0.717, 1.165) is 31.1 Å². The van der Waals surface area contributed by atoms with Crippen LogP contribution in [-0.2, 0) is 4.79 Å². The van der Waals surface area contributed by atoms with Gasteiger partial charge in [-0.2, -0.15) is 0 Å². The Bertz CT molecular complexity index is 568. The lowest BCUT2D eigenvalue weighted by atomic mass is 9.45. The van der Waals surface area contributed by atoms with Gasteiger partial charge in [-0.05, 0) is 60.5 Å². The highest BCUT2D eigenvalue weighted by molar-refractivity contribution is 5.61. The van der Waals surface area contributed by atoms with Crippen molar-refractivity contribution in [2.45, 2.75) is 58.2 Å². The van der Waals surface area contributed by atoms with E-state index in [1.165, 1.54) is 0 Å². The van der Waals surface area contributed by atoms with Crippen molar-refractivity contribution >= 4 is 6.29 Å². The minimum atomic E-state index is -0.717. The fourth-order valence-electron chi connectivity index (χ4n) is 5.86. The lowest BCUT2D eigenvalue weighted by molar-refractivity contribution is -0.151. The number of aldehydes is 1. The molecule has 0 aromatic carbocycles. The zero-order valence-corrected chi connectivity index (χ0v) is 14.7. The molecule has 7 atom stereocenters. The van der Waals surface area contributed by atoms with Gasteiger partial charge in [-0.25, -0.2) is 0 Å². The summed E-state index contributed by atoms with van der Waals surface area (Å²) in [4.78, 5) is 11.8. The summed E-state index contributed by atoms with van der Waals surface area (Å²) in [6.07, 6.45) is 5.85. The molecule has 24 heavy (non-hydrogen) atoms. The first-order valence-electron chi connectivity index (χ1n) is 9.10. The molecule has 3 rings (SSSR count). The van der Waals surface area contributed by atoms with E-state index in [1.807, 2.05) is 6.92 Å². The lowest BCUT2D eigenvalue weighted by Crippen LogP contribution is -2.57. The molecule has 0 heterocycles. The second-order valence-electron chi connectivity index (χ2n) is 8.53. The topological polar surface area (TPSA) is 77.8 Å². The molecule has 0 amide bonds. The summed E-state index contributed by atoms with van der Waals surface area (Å²) in [5, 5.41) is 30.7. The van der Waals surface area contributed by atoms with Crippen molar-refractivity contribution in [2.24, 2.45) is 28.6 Å². The van der Waals surface area contributed by atoms with Gasteiger partial charge in [0, 0.05) is 5.92 Å². The van der Waals surface area contributed by atoms with Crippen LogP contribution in [0.5, 0.6) is 0 Å². The average Bonchev–Trinajstić information content (AvgIpc) is 2.58. The zero-order chi connectivity index (χ0) is 17.7. The second kappa shape index (κ2) is 6.08. The van der Waals surface area contributed by atoms with E-state index in [0.29, 0.717) is 18.4 Å². The number of aliphatic hydroxyl groups excluding tert-OH is 3. The molecule has 0 aromatic heterocycles. The van der Waals surface area contributed by atoms with Gasteiger partial charge in [0.15, 0.2) is 0 Å². The molecular weight excluding hydrogens is 304 g/mol. The maximum Gasteiger partial charge on any atom is 0.128 e. The summed E-state index contributed by atoms with van der Waals surface area (Å²) in [5.74, 6) is 0.259. The molecule has 0 spiro atoms. The molecule has 134 valence electrons. The highest BCUT2D eigenvalue weighted by atomic mass is 16.3. The van der Waals surface area contributed by atoms with E-state index in [-0.39, 0.29) is 29.8 Å². The third kappa shape index (κ3) is 2.34. The van der Waals surface area contributed by atoms with Crippen LogP contribution in [0.4, 0.5) is 0 Å². The Labute approximate surface area is 144 Å². The fourth-order valence-corrected chi connectivity index (χ4v) is 5.86. The Morgan fingerprint density at radius 2 is 2.04 bits per heavy atom. The third-order valence-corrected chi connectivity index (χ3v) is 7.48. The summed E-state index contributed by atoms with van der Waals surface area (Å²) < 4.78 is 0. The van der Waals surface area contributed by atoms with Crippen LogP contribution in [0.3, 0.4) is 0 Å². The number of hydrogen-bond donors (Lipinski definition) is 3. The van der Waals surface area contributed by atoms with Crippen LogP contribution in [0.15, 0.2) is 23.8 Å². The first kappa shape index (κ1) is 17.8. The minimum absolute atomic E-state index is 0.0779. The molecule has 0 radical (unpaired) electrons. The van der Waals surface area contributed by atoms with Gasteiger partial charge in [0.1, 0.15) is 6.29 Å². The second-order valence-corrected chi connectivity index (χ2v) is 8.53. The summed E-state index contributed by atoms with van der Waals surface area (Å²) in [7, 11) is 0. The van der Waals surface area contributed by atoms with Crippen LogP contribution in [0.1, 0.15) is 46.0 Å². The molecule has 4 nitrogen and oxygen atoms in total. The predicted octanol–water partition coefficient (Wildman–Crippen LogP) is 2.23. The van der Waals surface area contributed by atoms with Gasteiger partial charge in [-0.3, -0.25) is 0 Å². The fraction of sp³-hybridized carbons (Fsp3) is 0.750. The van der Waals surface area contributed by atoms with E-state index in [1.54, 1.807) is 0 Å². The highest BCUT2D eigenvalue weighted by Crippen LogP contribution is 2.62. The van der Waals surface area contributed by atoms with Gasteiger partial charge in [0.05, 0.1) is 24.2 Å². The van der Waals surface area contributed by atoms with Crippen molar-refractivity contribution < 1.29 is 20.1 Å². The molecule has 0 saturated heterocycles. The van der Waals surface area contributed by atoms with E-state index in [4.69, 9.17) is 0 Å². The van der Waals surface area contributed by atoms with Crippen LogP contribution in [0.25, 0.3) is 0 Å². The standard InChI is InChI=1S/C20H30O4/c1-12(10-21)13-4-6-15-14(18(13)24)5-7-16-19(15,2)9-8-17(23)20(16,3)11-22/h5,11,13,15-18,21,23-24H,1,4,6-10H2,2-3H3/t13-,15+,16-,17+,18+,19-,20+/m0/s1. The van der Waals surface area contributed by atoms with Crippen LogP contribution < -0.4 is 0 Å². The quantitative estimate of drug-likeness (QED) is 0.546. The molecule has 2 saturated carbocycles. The van der Waals surface area contributed by atoms with Gasteiger partial charge in [-0.15, -0.1) is 0 Å². The van der Waals surface area contributed by atoms with Gasteiger partial charge in [-0.1, -0.05) is 26.5 Å². The highest BCUT2D eigenvalue weighted by Gasteiger charge is 2.59. The Hall–Kier alpha value is -0.970. The summed E-state index contributed by atoms with van der Waals surface area (Å²) in [6.45, 7) is 7.95. The van der Waals surface area contributed by atoms with Crippen molar-refractivity contribution in [3.8, 4) is 0 Å². The van der Waals surface area contributed by atoms with Crippen molar-refractivity contribution in [1.29, 1.82) is 0 Å². The van der Waals surface area contributed by atoms with E-state index >= 15 is 0 Å². The molecule has 3 aliphatic rings. The van der Waals surface area contributed by atoms with E-state index in [2.05, 4.69) is 19.6 Å². The first-order valence-corrected chi connectivity index (χ1v) is 9.10. The SMILES string of the molecule is C=C(CO)[C@@H]1CC[C@@H]2C(=CC[C@@H]3[C@@](C)(C=O)[C@H](O)CC[C@@]23C)[C@@H]1O. The Kier molecular flexibility index (Phi) is 4.52.